The van der Waals surface area contributed by atoms with Gasteiger partial charge < -0.3 is 15.3 Å². The van der Waals surface area contributed by atoms with Gasteiger partial charge in [0, 0.05) is 25.2 Å². The Bertz CT molecular complexity index is 499. The molecule has 1 aliphatic heterocycles. The number of anilines is 1. The van der Waals surface area contributed by atoms with Crippen molar-refractivity contribution in [3.8, 4) is 0 Å². The third kappa shape index (κ3) is 3.61. The minimum Gasteiger partial charge on any atom is -0.385 e. The molecule has 3 rings (SSSR count). The van der Waals surface area contributed by atoms with Crippen LogP contribution in [0.25, 0.3) is 0 Å². The van der Waals surface area contributed by atoms with Gasteiger partial charge in [0.2, 0.25) is 0 Å². The molecule has 0 amide bonds. The Morgan fingerprint density at radius 1 is 1.27 bits per heavy atom. The quantitative estimate of drug-likeness (QED) is 0.898. The Hall–Kier alpha value is -1.13. The molecule has 1 aliphatic carbocycles. The summed E-state index contributed by atoms with van der Waals surface area (Å²) in [5.41, 5.74) is 0.775. The fraction of sp³-hybridized carbons (Fsp3) is 0.722. The molecule has 1 saturated heterocycles. The molecular formula is C18H29N3O. The molecule has 3 unspecified atom stereocenters. The molecule has 122 valence electrons. The van der Waals surface area contributed by atoms with E-state index < -0.39 is 6.10 Å². The number of pyridine rings is 1. The normalized spacial score (nSPS) is 26.3. The van der Waals surface area contributed by atoms with Crippen molar-refractivity contribution in [1.82, 2.24) is 10.3 Å². The van der Waals surface area contributed by atoms with Crippen LogP contribution >= 0.6 is 0 Å². The van der Waals surface area contributed by atoms with E-state index in [1.807, 2.05) is 12.1 Å². The summed E-state index contributed by atoms with van der Waals surface area (Å²) in [4.78, 5) is 7.12. The van der Waals surface area contributed by atoms with Crippen LogP contribution in [0.5, 0.6) is 0 Å². The van der Waals surface area contributed by atoms with E-state index in [9.17, 15) is 5.11 Å². The Morgan fingerprint density at radius 2 is 1.95 bits per heavy atom. The van der Waals surface area contributed by atoms with Crippen LogP contribution in [0.2, 0.25) is 0 Å². The van der Waals surface area contributed by atoms with E-state index >= 15 is 0 Å². The van der Waals surface area contributed by atoms with Crippen molar-refractivity contribution >= 4 is 5.82 Å². The molecule has 1 aromatic heterocycles. The van der Waals surface area contributed by atoms with Crippen LogP contribution in [0.1, 0.15) is 51.8 Å². The summed E-state index contributed by atoms with van der Waals surface area (Å²) in [6.45, 7) is 9.12. The number of aliphatic hydroxyl groups excluding tert-OH is 1. The molecule has 4 nitrogen and oxygen atoms in total. The number of aliphatic hydroxyl groups is 1. The first kappa shape index (κ1) is 15.8. The van der Waals surface area contributed by atoms with E-state index in [4.69, 9.17) is 4.98 Å². The molecule has 4 heteroatoms. The lowest BCUT2D eigenvalue weighted by Crippen LogP contribution is -2.38. The minimum absolute atomic E-state index is 0.00495. The molecule has 1 aromatic rings. The SMILES string of the molecule is CC(C)(C)NCC(O)c1cccc(N2CC3CCCC3C2)n1. The molecule has 0 spiro atoms. The molecule has 3 atom stereocenters. The number of aromatic nitrogens is 1. The lowest BCUT2D eigenvalue weighted by molar-refractivity contribution is 0.159. The molecule has 2 aliphatic rings. The van der Waals surface area contributed by atoms with E-state index in [-0.39, 0.29) is 5.54 Å². The first-order valence-electron chi connectivity index (χ1n) is 8.57. The number of hydrogen-bond acceptors (Lipinski definition) is 4. The van der Waals surface area contributed by atoms with E-state index in [0.717, 1.165) is 36.4 Å². The van der Waals surface area contributed by atoms with E-state index in [0.29, 0.717) is 6.54 Å². The highest BCUT2D eigenvalue weighted by molar-refractivity contribution is 5.41. The highest BCUT2D eigenvalue weighted by Gasteiger charge is 2.36. The molecule has 0 aromatic carbocycles. The first-order chi connectivity index (χ1) is 10.4. The highest BCUT2D eigenvalue weighted by Crippen LogP contribution is 2.39. The zero-order chi connectivity index (χ0) is 15.7. The van der Waals surface area contributed by atoms with Crippen LogP contribution in [-0.4, -0.2) is 35.3 Å². The van der Waals surface area contributed by atoms with Gasteiger partial charge in [-0.15, -0.1) is 0 Å². The zero-order valence-corrected chi connectivity index (χ0v) is 14.0. The van der Waals surface area contributed by atoms with Gasteiger partial charge >= 0.3 is 0 Å². The number of fused-ring (bicyclic) bond motifs is 1. The van der Waals surface area contributed by atoms with Crippen LogP contribution < -0.4 is 10.2 Å². The smallest absolute Gasteiger partial charge is 0.128 e. The number of hydrogen-bond donors (Lipinski definition) is 2. The van der Waals surface area contributed by atoms with Crippen LogP contribution in [0.4, 0.5) is 5.82 Å². The van der Waals surface area contributed by atoms with Gasteiger partial charge in [-0.1, -0.05) is 12.5 Å². The van der Waals surface area contributed by atoms with E-state index in [1.165, 1.54) is 19.3 Å². The Labute approximate surface area is 133 Å². The standard InChI is InChI=1S/C18H29N3O/c1-18(2,3)19-10-16(22)15-8-5-9-17(20-15)21-11-13-6-4-7-14(13)12-21/h5,8-9,13-14,16,19,22H,4,6-7,10-12H2,1-3H3. The van der Waals surface area contributed by atoms with Gasteiger partial charge in [-0.05, 0) is 57.6 Å². The van der Waals surface area contributed by atoms with Crippen molar-refractivity contribution in [3.05, 3.63) is 23.9 Å². The molecule has 22 heavy (non-hydrogen) atoms. The van der Waals surface area contributed by atoms with Crippen molar-refractivity contribution in [3.63, 3.8) is 0 Å². The zero-order valence-electron chi connectivity index (χ0n) is 14.0. The Kier molecular flexibility index (Phi) is 4.42. The third-order valence-corrected chi connectivity index (χ3v) is 4.97. The fourth-order valence-corrected chi connectivity index (χ4v) is 3.73. The monoisotopic (exact) mass is 303 g/mol. The minimum atomic E-state index is -0.554. The summed E-state index contributed by atoms with van der Waals surface area (Å²) in [6.07, 6.45) is 3.59. The lowest BCUT2D eigenvalue weighted by Gasteiger charge is -2.24. The summed E-state index contributed by atoms with van der Waals surface area (Å²) in [7, 11) is 0. The van der Waals surface area contributed by atoms with Gasteiger partial charge in [-0.25, -0.2) is 4.98 Å². The maximum Gasteiger partial charge on any atom is 0.128 e. The molecule has 0 radical (unpaired) electrons. The van der Waals surface area contributed by atoms with Gasteiger partial charge in [-0.3, -0.25) is 0 Å². The van der Waals surface area contributed by atoms with E-state index in [1.54, 1.807) is 0 Å². The number of nitrogens with one attached hydrogen (secondary N) is 1. The van der Waals surface area contributed by atoms with Crippen molar-refractivity contribution in [2.45, 2.75) is 51.7 Å². The van der Waals surface area contributed by atoms with Crippen molar-refractivity contribution in [1.29, 1.82) is 0 Å². The molecular weight excluding hydrogens is 274 g/mol. The molecule has 2 N–H and O–H groups in total. The second-order valence-corrected chi connectivity index (χ2v) is 7.92. The van der Waals surface area contributed by atoms with Gasteiger partial charge in [0.05, 0.1) is 5.69 Å². The second kappa shape index (κ2) is 6.17. The van der Waals surface area contributed by atoms with Crippen molar-refractivity contribution in [2.24, 2.45) is 11.8 Å². The summed E-state index contributed by atoms with van der Waals surface area (Å²) in [6, 6.07) is 6.02. The first-order valence-corrected chi connectivity index (χ1v) is 8.57. The second-order valence-electron chi connectivity index (χ2n) is 7.92. The average Bonchev–Trinajstić information content (AvgIpc) is 3.05. The lowest BCUT2D eigenvalue weighted by atomic mass is 10.0. The summed E-state index contributed by atoms with van der Waals surface area (Å²) in [5.74, 6) is 2.75. The van der Waals surface area contributed by atoms with Crippen LogP contribution in [0, 0.1) is 11.8 Å². The van der Waals surface area contributed by atoms with Crippen LogP contribution in [-0.2, 0) is 0 Å². The number of rotatable bonds is 4. The predicted molar refractivity (Wildman–Crippen MR) is 90.0 cm³/mol. The largest absolute Gasteiger partial charge is 0.385 e. The van der Waals surface area contributed by atoms with Crippen LogP contribution in [0.15, 0.2) is 18.2 Å². The molecule has 2 heterocycles. The van der Waals surface area contributed by atoms with Gasteiger partial charge in [0.15, 0.2) is 0 Å². The Balaban J connectivity index is 1.65. The Morgan fingerprint density at radius 3 is 2.59 bits per heavy atom. The topological polar surface area (TPSA) is 48.4 Å². The highest BCUT2D eigenvalue weighted by atomic mass is 16.3. The van der Waals surface area contributed by atoms with Gasteiger partial charge in [0.1, 0.15) is 11.9 Å². The number of nitrogens with zero attached hydrogens (tertiary/aromatic N) is 2. The summed E-state index contributed by atoms with van der Waals surface area (Å²) in [5, 5.41) is 13.7. The van der Waals surface area contributed by atoms with Crippen molar-refractivity contribution in [2.75, 3.05) is 24.5 Å². The van der Waals surface area contributed by atoms with Crippen LogP contribution in [0.3, 0.4) is 0 Å². The number of β-amino-alcohol motifs (C(OH)–C–C–N with tert-alkyl or cyclic N) is 1. The van der Waals surface area contributed by atoms with Crippen molar-refractivity contribution < 1.29 is 5.11 Å². The van der Waals surface area contributed by atoms with E-state index in [2.05, 4.69) is 37.1 Å². The third-order valence-electron chi connectivity index (χ3n) is 4.97. The maximum atomic E-state index is 10.4. The summed E-state index contributed by atoms with van der Waals surface area (Å²) < 4.78 is 0. The molecule has 2 fully saturated rings. The van der Waals surface area contributed by atoms with Gasteiger partial charge in [-0.2, -0.15) is 0 Å². The maximum absolute atomic E-state index is 10.4. The van der Waals surface area contributed by atoms with Gasteiger partial charge in [0.25, 0.3) is 0 Å². The molecule has 1 saturated carbocycles. The molecule has 0 bridgehead atoms. The fourth-order valence-electron chi connectivity index (χ4n) is 3.73. The average molecular weight is 303 g/mol. The summed E-state index contributed by atoms with van der Waals surface area (Å²) >= 11 is 0. The predicted octanol–water partition coefficient (Wildman–Crippen LogP) is 2.74.